The summed E-state index contributed by atoms with van der Waals surface area (Å²) < 4.78 is 5.16. The number of rotatable bonds is 4. The monoisotopic (exact) mass is 379 g/mol. The molecule has 5 nitrogen and oxygen atoms in total. The zero-order valence-corrected chi connectivity index (χ0v) is 18.3. The molecule has 0 fully saturated rings. The second-order valence-electron chi connectivity index (χ2n) is 10.2. The van der Waals surface area contributed by atoms with Gasteiger partial charge in [0.1, 0.15) is 17.8 Å². The third-order valence-electron chi connectivity index (χ3n) is 4.25. The summed E-state index contributed by atoms with van der Waals surface area (Å²) in [7, 11) is 0. The average Bonchev–Trinajstić information content (AvgIpc) is 2.48. The first-order valence-corrected chi connectivity index (χ1v) is 9.49. The number of amides is 1. The van der Waals surface area contributed by atoms with Gasteiger partial charge in [0.2, 0.25) is 0 Å². The highest BCUT2D eigenvalue weighted by molar-refractivity contribution is 5.67. The third kappa shape index (κ3) is 7.51. The van der Waals surface area contributed by atoms with Crippen LogP contribution in [0, 0.1) is 0 Å². The molecular formula is C22H37NO4. The fourth-order valence-corrected chi connectivity index (χ4v) is 2.52. The second-order valence-corrected chi connectivity index (χ2v) is 10.2. The molecule has 0 aliphatic carbocycles. The summed E-state index contributed by atoms with van der Waals surface area (Å²) in [5, 5.41) is 23.6. The van der Waals surface area contributed by atoms with E-state index in [0.29, 0.717) is 5.56 Å². The largest absolute Gasteiger partial charge is 0.444 e. The molecule has 0 saturated carbocycles. The number of carbonyl (C=O) groups is 1. The van der Waals surface area contributed by atoms with Crippen molar-refractivity contribution in [1.82, 2.24) is 5.32 Å². The lowest BCUT2D eigenvalue weighted by Gasteiger charge is -2.28. The van der Waals surface area contributed by atoms with Gasteiger partial charge in [-0.25, -0.2) is 4.79 Å². The molecule has 3 N–H and O–H groups in total. The smallest absolute Gasteiger partial charge is 0.407 e. The van der Waals surface area contributed by atoms with Crippen molar-refractivity contribution >= 4 is 6.09 Å². The lowest BCUT2D eigenvalue weighted by Crippen LogP contribution is -2.39. The number of benzene rings is 1. The highest BCUT2D eigenvalue weighted by atomic mass is 16.6. The molecule has 1 aromatic rings. The molecule has 0 aliphatic heterocycles. The summed E-state index contributed by atoms with van der Waals surface area (Å²) in [5.41, 5.74) is 2.04. The Morgan fingerprint density at radius 1 is 0.926 bits per heavy atom. The van der Waals surface area contributed by atoms with Gasteiger partial charge in [-0.1, -0.05) is 59.7 Å². The van der Waals surface area contributed by atoms with Crippen LogP contribution < -0.4 is 5.32 Å². The first-order chi connectivity index (χ1) is 12.0. The van der Waals surface area contributed by atoms with Crippen molar-refractivity contribution < 1.29 is 19.7 Å². The van der Waals surface area contributed by atoms with E-state index in [9.17, 15) is 15.0 Å². The standard InChI is InChI=1S/C22H37NO4/c1-20(2,3)15-10-14(11-16(12-15)21(4,5)6)18(25)17(24)13-23-19(26)27-22(7,8)9/h10-12,17-18,24-25H,13H2,1-9H3,(H,23,26). The maximum absolute atomic E-state index is 11.8. The molecule has 1 aromatic carbocycles. The minimum absolute atomic E-state index is 0.0879. The number of aliphatic hydroxyl groups is 2. The van der Waals surface area contributed by atoms with Gasteiger partial charge >= 0.3 is 6.09 Å². The van der Waals surface area contributed by atoms with Crippen molar-refractivity contribution in [1.29, 1.82) is 0 Å². The molecule has 1 rings (SSSR count). The van der Waals surface area contributed by atoms with Crippen LogP contribution in [0.25, 0.3) is 0 Å². The van der Waals surface area contributed by atoms with Crippen LogP contribution in [0.3, 0.4) is 0 Å². The Morgan fingerprint density at radius 2 is 1.37 bits per heavy atom. The third-order valence-corrected chi connectivity index (χ3v) is 4.25. The molecule has 0 aromatic heterocycles. The van der Waals surface area contributed by atoms with Gasteiger partial charge in [-0.3, -0.25) is 0 Å². The minimum Gasteiger partial charge on any atom is -0.444 e. The quantitative estimate of drug-likeness (QED) is 0.732. The number of aliphatic hydroxyl groups excluding tert-OH is 2. The summed E-state index contributed by atoms with van der Waals surface area (Å²) in [6.45, 7) is 17.9. The molecule has 0 heterocycles. The highest BCUT2D eigenvalue weighted by Gasteiger charge is 2.26. The Hall–Kier alpha value is -1.59. The SMILES string of the molecule is CC(C)(C)OC(=O)NCC(O)C(O)c1cc(C(C)(C)C)cc(C(C)(C)C)c1. The zero-order chi connectivity index (χ0) is 21.2. The van der Waals surface area contributed by atoms with Crippen molar-refractivity contribution in [2.24, 2.45) is 0 Å². The Labute approximate surface area is 164 Å². The van der Waals surface area contributed by atoms with Crippen molar-refractivity contribution in [3.8, 4) is 0 Å². The first kappa shape index (κ1) is 23.4. The molecule has 5 heteroatoms. The number of alkyl carbamates (subject to hydrolysis) is 1. The Bertz CT molecular complexity index is 615. The molecule has 1 amide bonds. The average molecular weight is 380 g/mol. The van der Waals surface area contributed by atoms with E-state index in [1.807, 2.05) is 12.1 Å². The Balaban J connectivity index is 3.01. The van der Waals surface area contributed by atoms with E-state index in [0.717, 1.165) is 11.1 Å². The minimum atomic E-state index is -1.14. The summed E-state index contributed by atoms with van der Waals surface area (Å²) in [5.74, 6) is 0. The van der Waals surface area contributed by atoms with Crippen molar-refractivity contribution in [3.63, 3.8) is 0 Å². The Morgan fingerprint density at radius 3 is 1.74 bits per heavy atom. The van der Waals surface area contributed by atoms with Crippen LogP contribution in [-0.4, -0.2) is 34.6 Å². The maximum atomic E-state index is 11.8. The molecule has 0 saturated heterocycles. The van der Waals surface area contributed by atoms with E-state index in [-0.39, 0.29) is 17.4 Å². The van der Waals surface area contributed by atoms with Gasteiger partial charge in [0.25, 0.3) is 0 Å². The fourth-order valence-electron chi connectivity index (χ4n) is 2.52. The number of ether oxygens (including phenoxy) is 1. The predicted octanol–water partition coefficient (Wildman–Crippen LogP) is 4.20. The summed E-state index contributed by atoms with van der Waals surface area (Å²) >= 11 is 0. The van der Waals surface area contributed by atoms with Gasteiger partial charge in [0.05, 0.1) is 0 Å². The lowest BCUT2D eigenvalue weighted by molar-refractivity contribution is 0.0128. The molecule has 0 spiro atoms. The van der Waals surface area contributed by atoms with Gasteiger partial charge in [-0.05, 0) is 48.3 Å². The lowest BCUT2D eigenvalue weighted by atomic mass is 9.79. The van der Waals surface area contributed by atoms with Gasteiger partial charge in [0.15, 0.2) is 0 Å². The zero-order valence-electron chi connectivity index (χ0n) is 18.3. The molecule has 0 radical (unpaired) electrons. The maximum Gasteiger partial charge on any atom is 0.407 e. The molecule has 0 aliphatic rings. The van der Waals surface area contributed by atoms with E-state index in [1.165, 1.54) is 0 Å². The van der Waals surface area contributed by atoms with E-state index in [1.54, 1.807) is 20.8 Å². The van der Waals surface area contributed by atoms with Crippen LogP contribution in [0.1, 0.15) is 85.1 Å². The van der Waals surface area contributed by atoms with Gasteiger partial charge < -0.3 is 20.3 Å². The summed E-state index contributed by atoms with van der Waals surface area (Å²) in [6, 6.07) is 6.01. The fraction of sp³-hybridized carbons (Fsp3) is 0.682. The van der Waals surface area contributed by atoms with Crippen molar-refractivity contribution in [3.05, 3.63) is 34.9 Å². The highest BCUT2D eigenvalue weighted by Crippen LogP contribution is 2.32. The van der Waals surface area contributed by atoms with Gasteiger partial charge in [-0.15, -0.1) is 0 Å². The van der Waals surface area contributed by atoms with E-state index in [4.69, 9.17) is 4.74 Å². The molecule has 2 unspecified atom stereocenters. The van der Waals surface area contributed by atoms with E-state index < -0.39 is 23.9 Å². The van der Waals surface area contributed by atoms with Crippen LogP contribution in [0.5, 0.6) is 0 Å². The topological polar surface area (TPSA) is 78.8 Å². The number of hydrogen-bond acceptors (Lipinski definition) is 4. The van der Waals surface area contributed by atoms with Crippen molar-refractivity contribution in [2.45, 2.75) is 91.0 Å². The molecule has 27 heavy (non-hydrogen) atoms. The van der Waals surface area contributed by atoms with E-state index in [2.05, 4.69) is 52.9 Å². The number of carbonyl (C=O) groups excluding carboxylic acids is 1. The number of nitrogens with one attached hydrogen (secondary N) is 1. The number of hydrogen-bond donors (Lipinski definition) is 3. The molecule has 0 bridgehead atoms. The van der Waals surface area contributed by atoms with Crippen LogP contribution in [0.4, 0.5) is 4.79 Å². The molecular weight excluding hydrogens is 342 g/mol. The first-order valence-electron chi connectivity index (χ1n) is 9.49. The Kier molecular flexibility index (Phi) is 7.11. The predicted molar refractivity (Wildman–Crippen MR) is 109 cm³/mol. The second kappa shape index (κ2) is 8.19. The van der Waals surface area contributed by atoms with Gasteiger partial charge in [0, 0.05) is 6.54 Å². The van der Waals surface area contributed by atoms with Gasteiger partial charge in [-0.2, -0.15) is 0 Å². The van der Waals surface area contributed by atoms with Crippen LogP contribution in [-0.2, 0) is 15.6 Å². The van der Waals surface area contributed by atoms with Crippen molar-refractivity contribution in [2.75, 3.05) is 6.54 Å². The summed E-state index contributed by atoms with van der Waals surface area (Å²) in [4.78, 5) is 11.8. The molecule has 2 atom stereocenters. The van der Waals surface area contributed by atoms with Crippen LogP contribution >= 0.6 is 0 Å². The molecule has 154 valence electrons. The normalized spacial score (nSPS) is 15.2. The summed E-state index contributed by atoms with van der Waals surface area (Å²) in [6.07, 6.45) is -2.86. The van der Waals surface area contributed by atoms with E-state index >= 15 is 0 Å². The van der Waals surface area contributed by atoms with Crippen LogP contribution in [0.2, 0.25) is 0 Å². The van der Waals surface area contributed by atoms with Crippen LogP contribution in [0.15, 0.2) is 18.2 Å².